The van der Waals surface area contributed by atoms with Crippen LogP contribution in [0.1, 0.15) is 25.3 Å². The summed E-state index contributed by atoms with van der Waals surface area (Å²) in [6.45, 7) is 3.25. The number of nitrogens with one attached hydrogen (secondary N) is 1. The van der Waals surface area contributed by atoms with E-state index >= 15 is 0 Å². The van der Waals surface area contributed by atoms with E-state index in [4.69, 9.17) is 27.9 Å². The first-order chi connectivity index (χ1) is 10.8. The number of hydrogen-bond donors (Lipinski definition) is 1. The Labute approximate surface area is 143 Å². The standard InChI is InChI=1S/C16H15Cl2NO4/c1-7-11(15(20)21)13(9-5-4-6-10(17)14(9)18)12(8(2)19-7)16(22)23-3/h4-6,13,19H,1-3H3,(H,20,21)/p-1. The molecule has 0 amide bonds. The number of allylic oxidation sites excluding steroid dienone is 2. The SMILES string of the molecule is COC(=O)C1=C(C)NC(C)=C(C(=O)[O-])C1c1cccc(Cl)c1Cl. The van der Waals surface area contributed by atoms with Crippen molar-refractivity contribution in [3.05, 3.63) is 56.3 Å². The summed E-state index contributed by atoms with van der Waals surface area (Å²) >= 11 is 12.3. The molecule has 0 saturated heterocycles. The lowest BCUT2D eigenvalue weighted by atomic mass is 9.80. The normalized spacial score (nSPS) is 17.9. The van der Waals surface area contributed by atoms with Gasteiger partial charge < -0.3 is 20.0 Å². The highest BCUT2D eigenvalue weighted by molar-refractivity contribution is 6.42. The maximum atomic E-state index is 12.2. The van der Waals surface area contributed by atoms with Gasteiger partial charge in [0.25, 0.3) is 0 Å². The molecule has 1 aromatic carbocycles. The Bertz CT molecular complexity index is 752. The van der Waals surface area contributed by atoms with E-state index in [-0.39, 0.29) is 21.2 Å². The Morgan fingerprint density at radius 2 is 1.78 bits per heavy atom. The molecule has 1 aliphatic heterocycles. The minimum atomic E-state index is -1.40. The van der Waals surface area contributed by atoms with E-state index in [1.54, 1.807) is 32.0 Å². The molecule has 122 valence electrons. The fourth-order valence-electron chi connectivity index (χ4n) is 2.70. The number of esters is 1. The second-order valence-corrected chi connectivity index (χ2v) is 5.84. The van der Waals surface area contributed by atoms with Gasteiger partial charge in [0.05, 0.1) is 28.7 Å². The minimum Gasteiger partial charge on any atom is -0.545 e. The van der Waals surface area contributed by atoms with Crippen LogP contribution in [-0.2, 0) is 14.3 Å². The number of ether oxygens (including phenoxy) is 1. The summed E-state index contributed by atoms with van der Waals surface area (Å²) in [5.74, 6) is -2.98. The van der Waals surface area contributed by atoms with Crippen molar-refractivity contribution in [1.29, 1.82) is 0 Å². The zero-order valence-electron chi connectivity index (χ0n) is 12.7. The number of benzene rings is 1. The first-order valence-corrected chi connectivity index (χ1v) is 7.47. The highest BCUT2D eigenvalue weighted by Crippen LogP contribution is 2.42. The van der Waals surface area contributed by atoms with E-state index in [1.807, 2.05) is 0 Å². The zero-order valence-corrected chi connectivity index (χ0v) is 14.2. The number of hydrogen-bond acceptors (Lipinski definition) is 5. The minimum absolute atomic E-state index is 0.0832. The molecule has 0 bridgehead atoms. The predicted molar refractivity (Wildman–Crippen MR) is 84.8 cm³/mol. The summed E-state index contributed by atoms with van der Waals surface area (Å²) in [6, 6.07) is 4.84. The number of carboxylic acid groups (broad SMARTS) is 1. The second-order valence-electron chi connectivity index (χ2n) is 5.06. The summed E-state index contributed by atoms with van der Waals surface area (Å²) < 4.78 is 4.80. The van der Waals surface area contributed by atoms with Crippen molar-refractivity contribution in [2.75, 3.05) is 7.11 Å². The number of methoxy groups -OCH3 is 1. The molecule has 1 N–H and O–H groups in total. The van der Waals surface area contributed by atoms with Gasteiger partial charge in [0.15, 0.2) is 0 Å². The molecule has 7 heteroatoms. The van der Waals surface area contributed by atoms with Gasteiger partial charge in [-0.05, 0) is 25.5 Å². The van der Waals surface area contributed by atoms with Crippen LogP contribution in [0.2, 0.25) is 10.0 Å². The third-order valence-corrected chi connectivity index (χ3v) is 4.51. The first-order valence-electron chi connectivity index (χ1n) is 6.71. The number of dihydropyridines is 1. The highest BCUT2D eigenvalue weighted by atomic mass is 35.5. The van der Waals surface area contributed by atoms with Gasteiger partial charge in [0, 0.05) is 22.9 Å². The van der Waals surface area contributed by atoms with Crippen LogP contribution in [0.3, 0.4) is 0 Å². The van der Waals surface area contributed by atoms with Gasteiger partial charge in [0.2, 0.25) is 0 Å². The Morgan fingerprint density at radius 1 is 1.17 bits per heavy atom. The van der Waals surface area contributed by atoms with Crippen molar-refractivity contribution in [2.45, 2.75) is 19.8 Å². The van der Waals surface area contributed by atoms with Crippen molar-refractivity contribution in [3.8, 4) is 0 Å². The summed E-state index contributed by atoms with van der Waals surface area (Å²) in [5.41, 5.74) is 1.33. The molecule has 0 aromatic heterocycles. The smallest absolute Gasteiger partial charge is 0.336 e. The highest BCUT2D eigenvalue weighted by Gasteiger charge is 2.35. The molecule has 0 radical (unpaired) electrons. The number of halogens is 2. The summed E-state index contributed by atoms with van der Waals surface area (Å²) in [4.78, 5) is 23.8. The molecule has 1 aliphatic rings. The maximum absolute atomic E-state index is 12.2. The number of carbonyl (C=O) groups is 2. The third-order valence-electron chi connectivity index (χ3n) is 3.68. The Hall–Kier alpha value is -1.98. The van der Waals surface area contributed by atoms with E-state index in [1.165, 1.54) is 7.11 Å². The van der Waals surface area contributed by atoms with Crippen molar-refractivity contribution >= 4 is 35.1 Å². The molecular weight excluding hydrogens is 341 g/mol. The third kappa shape index (κ3) is 3.07. The van der Waals surface area contributed by atoms with Crippen LogP contribution in [0.4, 0.5) is 0 Å². The van der Waals surface area contributed by atoms with Crippen LogP contribution in [-0.4, -0.2) is 19.0 Å². The van der Waals surface area contributed by atoms with Crippen molar-refractivity contribution in [1.82, 2.24) is 5.32 Å². The number of carbonyl (C=O) groups excluding carboxylic acids is 2. The lowest BCUT2D eigenvalue weighted by molar-refractivity contribution is -0.299. The molecule has 5 nitrogen and oxygen atoms in total. The van der Waals surface area contributed by atoms with Crippen LogP contribution in [0.15, 0.2) is 40.7 Å². The number of aliphatic carboxylic acids is 1. The van der Waals surface area contributed by atoms with Crippen molar-refractivity contribution in [2.24, 2.45) is 0 Å². The number of rotatable bonds is 3. The van der Waals surface area contributed by atoms with Gasteiger partial charge in [-0.25, -0.2) is 4.79 Å². The summed E-state index contributed by atoms with van der Waals surface area (Å²) in [5, 5.41) is 15.0. The Balaban J connectivity index is 2.77. The van der Waals surface area contributed by atoms with E-state index in [0.717, 1.165) is 0 Å². The largest absolute Gasteiger partial charge is 0.545 e. The lowest BCUT2D eigenvalue weighted by Crippen LogP contribution is -2.37. The average molecular weight is 355 g/mol. The quantitative estimate of drug-likeness (QED) is 0.841. The molecule has 1 aromatic rings. The summed E-state index contributed by atoms with van der Waals surface area (Å²) in [7, 11) is 1.23. The fraction of sp³-hybridized carbons (Fsp3) is 0.250. The molecule has 0 aliphatic carbocycles. The van der Waals surface area contributed by atoms with Crippen LogP contribution in [0.5, 0.6) is 0 Å². The Morgan fingerprint density at radius 3 is 2.35 bits per heavy atom. The van der Waals surface area contributed by atoms with Gasteiger partial charge >= 0.3 is 5.97 Å². The first kappa shape index (κ1) is 17.4. The molecule has 23 heavy (non-hydrogen) atoms. The topological polar surface area (TPSA) is 78.5 Å². The van der Waals surface area contributed by atoms with E-state index < -0.39 is 17.9 Å². The van der Waals surface area contributed by atoms with Crippen molar-refractivity contribution in [3.63, 3.8) is 0 Å². The van der Waals surface area contributed by atoms with Crippen LogP contribution in [0.25, 0.3) is 0 Å². The molecule has 1 unspecified atom stereocenters. The maximum Gasteiger partial charge on any atom is 0.336 e. The van der Waals surface area contributed by atoms with Crippen molar-refractivity contribution < 1.29 is 19.4 Å². The average Bonchev–Trinajstić information content (AvgIpc) is 2.48. The zero-order chi connectivity index (χ0) is 17.3. The van der Waals surface area contributed by atoms with E-state index in [9.17, 15) is 14.7 Å². The molecule has 1 atom stereocenters. The Kier molecular flexibility index (Phi) is 5.02. The van der Waals surface area contributed by atoms with Crippen LogP contribution >= 0.6 is 23.2 Å². The van der Waals surface area contributed by atoms with Crippen LogP contribution < -0.4 is 10.4 Å². The summed E-state index contributed by atoms with van der Waals surface area (Å²) in [6.07, 6.45) is 0. The molecule has 1 heterocycles. The van der Waals surface area contributed by atoms with E-state index in [0.29, 0.717) is 17.0 Å². The molecule has 0 saturated carbocycles. The molecule has 2 rings (SSSR count). The molecule has 0 fully saturated rings. The predicted octanol–water partition coefficient (Wildman–Crippen LogP) is 2.15. The van der Waals surface area contributed by atoms with Crippen LogP contribution in [0, 0.1) is 0 Å². The van der Waals surface area contributed by atoms with Gasteiger partial charge in [-0.3, -0.25) is 0 Å². The fourth-order valence-corrected chi connectivity index (χ4v) is 3.12. The van der Waals surface area contributed by atoms with Gasteiger partial charge in [0.1, 0.15) is 0 Å². The van der Waals surface area contributed by atoms with Gasteiger partial charge in [-0.1, -0.05) is 35.3 Å². The monoisotopic (exact) mass is 354 g/mol. The van der Waals surface area contributed by atoms with E-state index in [2.05, 4.69) is 5.32 Å². The second kappa shape index (κ2) is 6.64. The van der Waals surface area contributed by atoms with Gasteiger partial charge in [-0.15, -0.1) is 0 Å². The molecule has 0 spiro atoms. The number of carboxylic acids is 1. The molecular formula is C16H14Cl2NO4-. The lowest BCUT2D eigenvalue weighted by Gasteiger charge is -2.32. The van der Waals surface area contributed by atoms with Gasteiger partial charge in [-0.2, -0.15) is 0 Å².